The van der Waals surface area contributed by atoms with E-state index in [9.17, 15) is 9.59 Å². The predicted octanol–water partition coefficient (Wildman–Crippen LogP) is 4.23. The molecular weight excluding hydrogens is 363 g/mol. The van der Waals surface area contributed by atoms with Crippen molar-refractivity contribution in [2.45, 2.75) is 26.7 Å². The van der Waals surface area contributed by atoms with Crippen LogP contribution in [-0.2, 0) is 0 Å². The van der Waals surface area contributed by atoms with E-state index in [1.807, 2.05) is 13.8 Å². The highest BCUT2D eigenvalue weighted by atomic mass is 35.5. The second-order valence-corrected chi connectivity index (χ2v) is 6.32. The molecule has 0 atom stereocenters. The van der Waals surface area contributed by atoms with Gasteiger partial charge in [0.15, 0.2) is 5.69 Å². The van der Waals surface area contributed by atoms with E-state index in [0.717, 1.165) is 12.8 Å². The quantitative estimate of drug-likeness (QED) is 0.751. The smallest absolute Gasteiger partial charge is 0.276 e. The summed E-state index contributed by atoms with van der Waals surface area (Å²) in [6.07, 6.45) is 3.02. The van der Waals surface area contributed by atoms with Crippen molar-refractivity contribution in [3.05, 3.63) is 46.0 Å². The number of aromatic nitrogens is 2. The van der Waals surface area contributed by atoms with Gasteiger partial charge in [-0.2, -0.15) is 0 Å². The third kappa shape index (κ3) is 4.74. The summed E-state index contributed by atoms with van der Waals surface area (Å²) in [6.45, 7) is 5.25. The third-order valence-electron chi connectivity index (χ3n) is 3.52. The number of amides is 2. The molecule has 0 radical (unpaired) electrons. The van der Waals surface area contributed by atoms with Gasteiger partial charge in [-0.3, -0.25) is 9.59 Å². The fourth-order valence-corrected chi connectivity index (χ4v) is 2.70. The number of anilines is 1. The lowest BCUT2D eigenvalue weighted by molar-refractivity contribution is 0.0745. The van der Waals surface area contributed by atoms with Crippen LogP contribution >= 0.6 is 23.2 Å². The number of benzene rings is 1. The molecule has 2 amide bonds. The average molecular weight is 383 g/mol. The van der Waals surface area contributed by atoms with Gasteiger partial charge in [0, 0.05) is 18.8 Å². The molecule has 2 N–H and O–H groups in total. The van der Waals surface area contributed by atoms with Crippen LogP contribution in [0, 0.1) is 0 Å². The number of halogens is 2. The van der Waals surface area contributed by atoms with Crippen LogP contribution in [0.5, 0.6) is 0 Å². The van der Waals surface area contributed by atoms with Crippen LogP contribution in [0.25, 0.3) is 0 Å². The topological polar surface area (TPSA) is 78.1 Å². The van der Waals surface area contributed by atoms with Crippen molar-refractivity contribution in [3.8, 4) is 0 Å². The summed E-state index contributed by atoms with van der Waals surface area (Å²) in [7, 11) is 0. The van der Waals surface area contributed by atoms with Crippen molar-refractivity contribution in [2.24, 2.45) is 0 Å². The molecule has 1 aromatic heterocycles. The number of carbonyl (C=O) groups is 2. The highest BCUT2D eigenvalue weighted by molar-refractivity contribution is 6.42. The summed E-state index contributed by atoms with van der Waals surface area (Å²) >= 11 is 11.8. The number of nitrogens with zero attached hydrogens (tertiary/aromatic N) is 2. The first-order valence-corrected chi connectivity index (χ1v) is 8.82. The van der Waals surface area contributed by atoms with Gasteiger partial charge < -0.3 is 15.2 Å². The van der Waals surface area contributed by atoms with Crippen molar-refractivity contribution < 1.29 is 9.59 Å². The minimum atomic E-state index is -0.490. The lowest BCUT2D eigenvalue weighted by Gasteiger charge is -2.21. The van der Waals surface area contributed by atoms with Crippen molar-refractivity contribution in [3.63, 3.8) is 0 Å². The molecule has 0 saturated heterocycles. The first-order valence-electron chi connectivity index (χ1n) is 8.07. The number of rotatable bonds is 7. The standard InChI is InChI=1S/C17H20Cl2N4O2/c1-3-7-23(8-4-2)17(25)15-14(20-10-21-15)16(24)22-11-5-6-12(18)13(19)9-11/h5-6,9-10H,3-4,7-8H2,1-2H3,(H,20,21)(H,22,24). The number of hydrogen-bond donors (Lipinski definition) is 2. The van der Waals surface area contributed by atoms with E-state index in [4.69, 9.17) is 23.2 Å². The molecule has 0 aliphatic heterocycles. The number of imidazole rings is 1. The van der Waals surface area contributed by atoms with E-state index in [1.54, 1.807) is 17.0 Å². The van der Waals surface area contributed by atoms with Gasteiger partial charge in [0.25, 0.3) is 11.8 Å². The average Bonchev–Trinajstić information content (AvgIpc) is 3.07. The van der Waals surface area contributed by atoms with Crippen LogP contribution in [0.3, 0.4) is 0 Å². The summed E-state index contributed by atoms with van der Waals surface area (Å²) in [6, 6.07) is 4.75. The zero-order valence-electron chi connectivity index (χ0n) is 14.1. The van der Waals surface area contributed by atoms with Gasteiger partial charge in [-0.1, -0.05) is 37.0 Å². The van der Waals surface area contributed by atoms with Crippen LogP contribution in [0.4, 0.5) is 5.69 Å². The maximum atomic E-state index is 12.7. The van der Waals surface area contributed by atoms with Gasteiger partial charge >= 0.3 is 0 Å². The van der Waals surface area contributed by atoms with Crippen molar-refractivity contribution in [1.29, 1.82) is 0 Å². The Morgan fingerprint density at radius 3 is 2.44 bits per heavy atom. The molecular formula is C17H20Cl2N4O2. The Kier molecular flexibility index (Phi) is 6.84. The Labute approximate surface area is 156 Å². The minimum absolute atomic E-state index is 0.0493. The summed E-state index contributed by atoms with van der Waals surface area (Å²) in [5.41, 5.74) is 0.701. The van der Waals surface area contributed by atoms with Gasteiger partial charge in [-0.05, 0) is 31.0 Å². The van der Waals surface area contributed by atoms with E-state index >= 15 is 0 Å². The molecule has 2 aromatic rings. The molecule has 0 aliphatic rings. The third-order valence-corrected chi connectivity index (χ3v) is 4.26. The second kappa shape index (κ2) is 8.87. The van der Waals surface area contributed by atoms with Crippen LogP contribution in [-0.4, -0.2) is 39.8 Å². The van der Waals surface area contributed by atoms with Gasteiger partial charge in [0.2, 0.25) is 0 Å². The zero-order chi connectivity index (χ0) is 18.4. The molecule has 25 heavy (non-hydrogen) atoms. The SMILES string of the molecule is CCCN(CCC)C(=O)c1[nH]cnc1C(=O)Nc1ccc(Cl)c(Cl)c1. The van der Waals surface area contributed by atoms with Crippen molar-refractivity contribution in [2.75, 3.05) is 18.4 Å². The van der Waals surface area contributed by atoms with Crippen molar-refractivity contribution >= 4 is 40.7 Å². The molecule has 0 aliphatic carbocycles. The maximum absolute atomic E-state index is 12.7. The summed E-state index contributed by atoms with van der Waals surface area (Å²) < 4.78 is 0. The first-order chi connectivity index (χ1) is 12.0. The molecule has 1 heterocycles. The molecule has 0 saturated carbocycles. The highest BCUT2D eigenvalue weighted by Crippen LogP contribution is 2.25. The lowest BCUT2D eigenvalue weighted by Crippen LogP contribution is -2.34. The molecule has 6 nitrogen and oxygen atoms in total. The lowest BCUT2D eigenvalue weighted by atomic mass is 10.2. The number of H-pyrrole nitrogens is 1. The zero-order valence-corrected chi connectivity index (χ0v) is 15.6. The van der Waals surface area contributed by atoms with E-state index in [2.05, 4.69) is 15.3 Å². The largest absolute Gasteiger partial charge is 0.340 e. The number of aromatic amines is 1. The normalized spacial score (nSPS) is 10.6. The van der Waals surface area contributed by atoms with E-state index in [1.165, 1.54) is 12.4 Å². The van der Waals surface area contributed by atoms with Gasteiger partial charge in [0.1, 0.15) is 5.69 Å². The molecule has 134 valence electrons. The maximum Gasteiger partial charge on any atom is 0.276 e. The van der Waals surface area contributed by atoms with Crippen LogP contribution in [0.2, 0.25) is 10.0 Å². The van der Waals surface area contributed by atoms with Crippen LogP contribution in [0.15, 0.2) is 24.5 Å². The fourth-order valence-electron chi connectivity index (χ4n) is 2.41. The Hall–Kier alpha value is -2.05. The molecule has 2 rings (SSSR count). The summed E-state index contributed by atoms with van der Waals surface area (Å²) in [5, 5.41) is 3.40. The summed E-state index contributed by atoms with van der Waals surface area (Å²) in [5.74, 6) is -0.726. The Balaban J connectivity index is 2.20. The van der Waals surface area contributed by atoms with E-state index in [-0.39, 0.29) is 17.3 Å². The molecule has 0 fully saturated rings. The fraction of sp³-hybridized carbons (Fsp3) is 0.353. The predicted molar refractivity (Wildman–Crippen MR) is 99.5 cm³/mol. The van der Waals surface area contributed by atoms with Crippen molar-refractivity contribution in [1.82, 2.24) is 14.9 Å². The van der Waals surface area contributed by atoms with E-state index in [0.29, 0.717) is 28.8 Å². The molecule has 0 bridgehead atoms. The first kappa shape index (κ1) is 19.3. The van der Waals surface area contributed by atoms with Gasteiger partial charge in [0.05, 0.1) is 16.4 Å². The van der Waals surface area contributed by atoms with E-state index < -0.39 is 5.91 Å². The number of carbonyl (C=O) groups excluding carboxylic acids is 2. The summed E-state index contributed by atoms with van der Waals surface area (Å²) in [4.78, 5) is 33.7. The number of nitrogens with one attached hydrogen (secondary N) is 2. The molecule has 0 spiro atoms. The molecule has 8 heteroatoms. The van der Waals surface area contributed by atoms with Crippen LogP contribution < -0.4 is 5.32 Å². The molecule has 0 unspecified atom stereocenters. The monoisotopic (exact) mass is 382 g/mol. The second-order valence-electron chi connectivity index (χ2n) is 5.50. The highest BCUT2D eigenvalue weighted by Gasteiger charge is 2.24. The molecule has 1 aromatic carbocycles. The Morgan fingerprint density at radius 1 is 1.16 bits per heavy atom. The minimum Gasteiger partial charge on any atom is -0.340 e. The number of hydrogen-bond acceptors (Lipinski definition) is 3. The Morgan fingerprint density at radius 2 is 1.84 bits per heavy atom. The Bertz CT molecular complexity index is 755. The van der Waals surface area contributed by atoms with Crippen LogP contribution in [0.1, 0.15) is 47.7 Å². The van der Waals surface area contributed by atoms with Gasteiger partial charge in [-0.15, -0.1) is 0 Å². The van der Waals surface area contributed by atoms with Gasteiger partial charge in [-0.25, -0.2) is 4.98 Å².